The van der Waals surface area contributed by atoms with Crippen LogP contribution in [0.4, 0.5) is 0 Å². The van der Waals surface area contributed by atoms with Gasteiger partial charge in [0.15, 0.2) is 0 Å². The summed E-state index contributed by atoms with van der Waals surface area (Å²) < 4.78 is 4.44. The molecule has 6 nitrogen and oxygen atoms in total. The molecular weight excluding hydrogens is 1080 g/mol. The van der Waals surface area contributed by atoms with Gasteiger partial charge in [0.25, 0.3) is 0 Å². The third-order valence-corrected chi connectivity index (χ3v) is 23.1. The Labute approximate surface area is 528 Å². The zero-order chi connectivity index (χ0) is 61.8. The molecule has 0 aliphatic rings. The van der Waals surface area contributed by atoms with E-state index in [1.165, 1.54) is 226 Å². The summed E-state index contributed by atoms with van der Waals surface area (Å²) in [5.74, 6) is 3.64. The molecule has 0 fully saturated rings. The van der Waals surface area contributed by atoms with Gasteiger partial charge >= 0.3 is 17.1 Å². The Kier molecular flexibility index (Phi) is 51.7. The van der Waals surface area contributed by atoms with Gasteiger partial charge in [-0.1, -0.05) is 271 Å². The molecule has 0 spiro atoms. The van der Waals surface area contributed by atoms with Crippen molar-refractivity contribution in [3.63, 3.8) is 0 Å². The quantitative estimate of drug-likeness (QED) is 0.0371. The molecule has 6 unspecified atom stereocenters. The van der Waals surface area contributed by atoms with Crippen LogP contribution >= 0.6 is 0 Å². The van der Waals surface area contributed by atoms with Gasteiger partial charge in [-0.3, -0.25) is 0 Å². The van der Waals surface area contributed by atoms with Gasteiger partial charge in [0.2, 0.25) is 0 Å². The molecule has 1 heterocycles. The van der Waals surface area contributed by atoms with Gasteiger partial charge in [-0.25, -0.2) is 28.1 Å². The lowest BCUT2D eigenvalue weighted by molar-refractivity contribution is 0.303. The minimum absolute atomic E-state index is 0.291. The second kappa shape index (κ2) is 54.6. The standard InChI is InChI=1S/C75H135N3O3Si3/c1-13-25-31-37-49-64(50-38-32-26-14-2)55-67(43-19-7)58-70(46-22-10)82-61-76-73(79)77(62-83-71(47-23-11)59-68(44-20-8)56-65(51-39-33-27-15-3)52-40-34-28-16-4)75(81)78(74(76)80)63-84-72(48-24-12)60-69(45-21-9)57-66(53-41-35-29-17-5)54-42-36-30-18-6/h19-24,64-72H,7-18,25-63H2,1-6H3. The summed E-state index contributed by atoms with van der Waals surface area (Å²) in [5, 5.41) is 0. The fourth-order valence-electron chi connectivity index (χ4n) is 13.6. The predicted molar refractivity (Wildman–Crippen MR) is 378 cm³/mol. The fraction of sp³-hybridized carbons (Fsp3) is 0.800. The van der Waals surface area contributed by atoms with Crippen molar-refractivity contribution in [2.45, 2.75) is 346 Å². The van der Waals surface area contributed by atoms with E-state index in [2.05, 4.69) is 99.2 Å². The summed E-state index contributed by atoms with van der Waals surface area (Å²) in [6.45, 7) is 39.2. The number of allylic oxidation sites excluding steroid dienone is 6. The Morgan fingerprint density at radius 3 is 0.667 bits per heavy atom. The van der Waals surface area contributed by atoms with Crippen LogP contribution in [-0.4, -0.2) is 42.3 Å². The molecule has 6 atom stereocenters. The van der Waals surface area contributed by atoms with Crippen molar-refractivity contribution in [3.8, 4) is 0 Å². The second-order valence-corrected chi connectivity index (χ2v) is 30.8. The summed E-state index contributed by atoms with van der Waals surface area (Å²) in [6, 6.07) is 0. The SMILES string of the molecule is C=CCC(CC(CCCCCC)CCCCCC)CC(CC=C)[Si]Cn1c(=O)n(C[Si]C(CC=C)CC(CC=C)CC(CCCCCC)CCCCCC)c(=O)n(C[Si]C(CC=C)CC(CC=C)CC(CCCCCC)CCCCCC)c1=O. The van der Waals surface area contributed by atoms with Crippen LogP contribution in [0.2, 0.25) is 16.6 Å². The molecule has 0 bridgehead atoms. The molecule has 0 amide bonds. The summed E-state index contributed by atoms with van der Waals surface area (Å²) in [6.07, 6.45) is 64.6. The molecule has 1 aromatic rings. The van der Waals surface area contributed by atoms with Crippen molar-refractivity contribution < 1.29 is 0 Å². The Morgan fingerprint density at radius 2 is 0.488 bits per heavy atom. The molecule has 0 aliphatic carbocycles. The average Bonchev–Trinajstić information content (AvgIpc) is 2.28. The third-order valence-electron chi connectivity index (χ3n) is 18.5. The Morgan fingerprint density at radius 1 is 0.286 bits per heavy atom. The lowest BCUT2D eigenvalue weighted by atomic mass is 9.82. The molecule has 0 N–H and O–H groups in total. The molecule has 0 saturated carbocycles. The first kappa shape index (κ1) is 79.5. The van der Waals surface area contributed by atoms with Crippen LogP contribution in [0.15, 0.2) is 90.3 Å². The van der Waals surface area contributed by atoms with Crippen LogP contribution in [0.5, 0.6) is 0 Å². The zero-order valence-corrected chi connectivity index (χ0v) is 59.3. The topological polar surface area (TPSA) is 66.0 Å². The van der Waals surface area contributed by atoms with Gasteiger partial charge in [0.1, 0.15) is 0 Å². The van der Waals surface area contributed by atoms with Gasteiger partial charge < -0.3 is 0 Å². The van der Waals surface area contributed by atoms with E-state index in [-0.39, 0.29) is 0 Å². The minimum Gasteiger partial charge on any atom is -0.249 e. The van der Waals surface area contributed by atoms with Crippen molar-refractivity contribution in [2.24, 2.45) is 35.5 Å². The van der Waals surface area contributed by atoms with E-state index in [0.29, 0.717) is 99.2 Å². The normalized spacial score (nSPS) is 14.0. The van der Waals surface area contributed by atoms with Crippen molar-refractivity contribution in [1.82, 2.24) is 13.7 Å². The van der Waals surface area contributed by atoms with E-state index in [4.69, 9.17) is 0 Å². The number of hydrogen-bond donors (Lipinski definition) is 0. The van der Waals surface area contributed by atoms with E-state index in [1.807, 2.05) is 18.2 Å². The second-order valence-electron chi connectivity index (χ2n) is 26.2. The van der Waals surface area contributed by atoms with E-state index in [9.17, 15) is 0 Å². The van der Waals surface area contributed by atoms with Crippen LogP contribution in [0, 0.1) is 35.5 Å². The highest BCUT2D eigenvalue weighted by Gasteiger charge is 2.26. The highest BCUT2D eigenvalue weighted by atomic mass is 28.2. The molecular formula is C75H135N3O3Si3. The van der Waals surface area contributed by atoms with E-state index >= 15 is 14.4 Å². The largest absolute Gasteiger partial charge is 0.335 e. The van der Waals surface area contributed by atoms with Crippen molar-refractivity contribution in [2.75, 3.05) is 0 Å². The molecule has 1 rings (SSSR count). The number of unbranched alkanes of at least 4 members (excludes halogenated alkanes) is 18. The van der Waals surface area contributed by atoms with E-state index in [0.717, 1.165) is 57.8 Å². The Balaban J connectivity index is 3.84. The number of aromatic nitrogens is 3. The van der Waals surface area contributed by atoms with Crippen molar-refractivity contribution in [3.05, 3.63) is 107 Å². The summed E-state index contributed by atoms with van der Waals surface area (Å²) in [5.41, 5.74) is -0.418. The lowest BCUT2D eigenvalue weighted by Gasteiger charge is -2.27. The fourth-order valence-corrected chi connectivity index (χ4v) is 18.3. The van der Waals surface area contributed by atoms with Gasteiger partial charge in [0, 0.05) is 18.5 Å². The van der Waals surface area contributed by atoms with E-state index in [1.54, 1.807) is 0 Å². The third kappa shape index (κ3) is 37.4. The number of nitrogens with zero attached hydrogens (tertiary/aromatic N) is 3. The van der Waals surface area contributed by atoms with Gasteiger partial charge in [-0.2, -0.15) is 0 Å². The Bertz CT molecular complexity index is 1690. The smallest absolute Gasteiger partial charge is 0.249 e. The molecule has 9 heteroatoms. The summed E-state index contributed by atoms with van der Waals surface area (Å²) in [7, 11) is 1.06. The number of hydrogen-bond acceptors (Lipinski definition) is 3. The molecule has 0 aromatic carbocycles. The van der Waals surface area contributed by atoms with Crippen molar-refractivity contribution >= 4 is 28.6 Å². The maximum atomic E-state index is 15.0. The van der Waals surface area contributed by atoms with Crippen LogP contribution in [-0.2, 0) is 18.5 Å². The summed E-state index contributed by atoms with van der Waals surface area (Å²) >= 11 is 0. The van der Waals surface area contributed by atoms with Crippen LogP contribution in [0.1, 0.15) is 311 Å². The first-order chi connectivity index (χ1) is 41.0. The maximum Gasteiger partial charge on any atom is 0.335 e. The monoisotopic (exact) mass is 1210 g/mol. The molecule has 0 aliphatic heterocycles. The zero-order valence-electron chi connectivity index (χ0n) is 56.3. The van der Waals surface area contributed by atoms with E-state index < -0.39 is 17.1 Å². The van der Waals surface area contributed by atoms with Gasteiger partial charge in [0.05, 0.1) is 28.6 Å². The first-order valence-electron chi connectivity index (χ1n) is 35.8. The highest BCUT2D eigenvalue weighted by molar-refractivity contribution is 6.37. The highest BCUT2D eigenvalue weighted by Crippen LogP contribution is 2.36. The van der Waals surface area contributed by atoms with Gasteiger partial charge in [-0.05, 0) is 129 Å². The molecule has 84 heavy (non-hydrogen) atoms. The molecule has 6 radical (unpaired) electrons. The molecule has 0 saturated heterocycles. The van der Waals surface area contributed by atoms with Crippen LogP contribution < -0.4 is 17.1 Å². The van der Waals surface area contributed by atoms with Crippen LogP contribution in [0.3, 0.4) is 0 Å². The average molecular weight is 1210 g/mol. The van der Waals surface area contributed by atoms with Crippen molar-refractivity contribution in [1.29, 1.82) is 0 Å². The number of rotatable bonds is 63. The summed E-state index contributed by atoms with van der Waals surface area (Å²) in [4.78, 5) is 45.1. The lowest BCUT2D eigenvalue weighted by Crippen LogP contribution is -2.56. The Hall–Kier alpha value is -2.50. The van der Waals surface area contributed by atoms with Crippen LogP contribution in [0.25, 0.3) is 0 Å². The molecule has 1 aromatic heterocycles. The predicted octanol–water partition coefficient (Wildman–Crippen LogP) is 21.8. The molecule has 480 valence electrons. The minimum atomic E-state index is -0.430. The van der Waals surface area contributed by atoms with Gasteiger partial charge in [-0.15, -0.1) is 39.5 Å². The first-order valence-corrected chi connectivity index (χ1v) is 39.6. The maximum absolute atomic E-state index is 15.0.